The number of rotatable bonds is 5. The molecule has 1 atom stereocenters. The van der Waals surface area contributed by atoms with Crippen LogP contribution in [-0.4, -0.2) is 30.3 Å². The average Bonchev–Trinajstić information content (AvgIpc) is 2.45. The number of nitrogens with zero attached hydrogens (tertiary/aromatic N) is 1. The number of hydrogen-bond donors (Lipinski definition) is 0. The molecule has 2 aromatic rings. The molecule has 0 saturated carbocycles. The summed E-state index contributed by atoms with van der Waals surface area (Å²) >= 11 is 6.15. The van der Waals surface area contributed by atoms with Gasteiger partial charge in [0.2, 0.25) is 0 Å². The lowest BCUT2D eigenvalue weighted by atomic mass is 10.2. The van der Waals surface area contributed by atoms with E-state index in [0.29, 0.717) is 23.8 Å². The summed E-state index contributed by atoms with van der Waals surface area (Å²) in [5, 5.41) is 1.30. The second kappa shape index (κ2) is 6.68. The summed E-state index contributed by atoms with van der Waals surface area (Å²) in [6.45, 7) is 4.61. The summed E-state index contributed by atoms with van der Waals surface area (Å²) in [6, 6.07) is 8.91. The fourth-order valence-electron chi connectivity index (χ4n) is 1.80. The Morgan fingerprint density at radius 1 is 1.40 bits per heavy atom. The highest BCUT2D eigenvalue weighted by molar-refractivity contribution is 6.35. The summed E-state index contributed by atoms with van der Waals surface area (Å²) < 4.78 is 10.5. The molecule has 0 aliphatic rings. The predicted molar refractivity (Wildman–Crippen MR) is 78.1 cm³/mol. The van der Waals surface area contributed by atoms with Crippen LogP contribution in [-0.2, 0) is 9.47 Å². The van der Waals surface area contributed by atoms with Gasteiger partial charge in [0.25, 0.3) is 0 Å². The van der Waals surface area contributed by atoms with Gasteiger partial charge in [-0.1, -0.05) is 29.8 Å². The standard InChI is InChI=1S/C15H16ClNO3/c1-3-19-9-10(2)20-15(18)14-8-12(16)11-6-4-5-7-13(11)17-14/h4-8,10H,3,9H2,1-2H3. The molecule has 1 heterocycles. The molecule has 1 unspecified atom stereocenters. The first-order valence-corrected chi connectivity index (χ1v) is 6.83. The fraction of sp³-hybridized carbons (Fsp3) is 0.333. The molecular formula is C15H16ClNO3. The molecule has 2 rings (SSSR count). The SMILES string of the molecule is CCOCC(C)OC(=O)c1cc(Cl)c2ccccc2n1. The Morgan fingerprint density at radius 2 is 2.15 bits per heavy atom. The van der Waals surface area contributed by atoms with Crippen molar-refractivity contribution >= 4 is 28.5 Å². The van der Waals surface area contributed by atoms with Crippen molar-refractivity contribution < 1.29 is 14.3 Å². The molecule has 0 amide bonds. The van der Waals surface area contributed by atoms with Crippen LogP contribution < -0.4 is 0 Å². The maximum atomic E-state index is 12.0. The van der Waals surface area contributed by atoms with E-state index in [4.69, 9.17) is 21.1 Å². The molecule has 0 spiro atoms. The first-order valence-electron chi connectivity index (χ1n) is 6.45. The Hall–Kier alpha value is -1.65. The summed E-state index contributed by atoms with van der Waals surface area (Å²) in [5.74, 6) is -0.496. The quantitative estimate of drug-likeness (QED) is 0.792. The summed E-state index contributed by atoms with van der Waals surface area (Å²) in [6.07, 6.45) is -0.325. The van der Waals surface area contributed by atoms with Crippen LogP contribution >= 0.6 is 11.6 Å². The van der Waals surface area contributed by atoms with Crippen LogP contribution in [0.25, 0.3) is 10.9 Å². The van der Waals surface area contributed by atoms with Gasteiger partial charge in [-0.15, -0.1) is 0 Å². The van der Waals surface area contributed by atoms with Gasteiger partial charge < -0.3 is 9.47 Å². The van der Waals surface area contributed by atoms with E-state index in [0.717, 1.165) is 5.39 Å². The molecule has 20 heavy (non-hydrogen) atoms. The van der Waals surface area contributed by atoms with E-state index >= 15 is 0 Å². The summed E-state index contributed by atoms with van der Waals surface area (Å²) in [7, 11) is 0. The predicted octanol–water partition coefficient (Wildman–Crippen LogP) is 3.47. The molecule has 0 N–H and O–H groups in total. The maximum absolute atomic E-state index is 12.0. The minimum atomic E-state index is -0.496. The van der Waals surface area contributed by atoms with Crippen LogP contribution in [0.2, 0.25) is 5.02 Å². The zero-order valence-corrected chi connectivity index (χ0v) is 12.2. The number of aromatic nitrogens is 1. The molecule has 0 aliphatic carbocycles. The fourth-order valence-corrected chi connectivity index (χ4v) is 2.06. The molecule has 1 aromatic heterocycles. The third-order valence-corrected chi connectivity index (χ3v) is 3.05. The van der Waals surface area contributed by atoms with E-state index in [9.17, 15) is 4.79 Å². The van der Waals surface area contributed by atoms with Crippen molar-refractivity contribution in [2.45, 2.75) is 20.0 Å². The molecule has 106 valence electrons. The van der Waals surface area contributed by atoms with Crippen molar-refractivity contribution in [1.82, 2.24) is 4.98 Å². The molecule has 0 aliphatic heterocycles. The number of para-hydroxylation sites is 1. The molecule has 0 fully saturated rings. The topological polar surface area (TPSA) is 48.4 Å². The van der Waals surface area contributed by atoms with Gasteiger partial charge >= 0.3 is 5.97 Å². The average molecular weight is 294 g/mol. The first kappa shape index (κ1) is 14.8. The van der Waals surface area contributed by atoms with Gasteiger partial charge in [0, 0.05) is 12.0 Å². The Labute approximate surface area is 122 Å². The second-order valence-corrected chi connectivity index (χ2v) is 4.79. The molecule has 0 bridgehead atoms. The van der Waals surface area contributed by atoms with Gasteiger partial charge in [0.1, 0.15) is 6.10 Å². The number of ether oxygens (including phenoxy) is 2. The number of fused-ring (bicyclic) bond motifs is 1. The third-order valence-electron chi connectivity index (χ3n) is 2.74. The Kier molecular flexibility index (Phi) is 4.93. The van der Waals surface area contributed by atoms with Crippen molar-refractivity contribution in [1.29, 1.82) is 0 Å². The van der Waals surface area contributed by atoms with E-state index in [-0.39, 0.29) is 11.8 Å². The summed E-state index contributed by atoms with van der Waals surface area (Å²) in [5.41, 5.74) is 0.876. The van der Waals surface area contributed by atoms with Crippen molar-refractivity contribution in [2.24, 2.45) is 0 Å². The Morgan fingerprint density at radius 3 is 2.90 bits per heavy atom. The van der Waals surface area contributed by atoms with E-state index in [1.165, 1.54) is 6.07 Å². The smallest absolute Gasteiger partial charge is 0.357 e. The monoisotopic (exact) mass is 293 g/mol. The molecular weight excluding hydrogens is 278 g/mol. The molecule has 0 saturated heterocycles. The van der Waals surface area contributed by atoms with Crippen molar-refractivity contribution in [2.75, 3.05) is 13.2 Å². The Bertz CT molecular complexity index is 615. The van der Waals surface area contributed by atoms with Gasteiger partial charge in [-0.25, -0.2) is 9.78 Å². The minimum Gasteiger partial charge on any atom is -0.455 e. The number of carbonyl (C=O) groups is 1. The number of carbonyl (C=O) groups excluding carboxylic acids is 1. The molecule has 0 radical (unpaired) electrons. The van der Waals surface area contributed by atoms with Crippen LogP contribution in [0, 0.1) is 0 Å². The highest BCUT2D eigenvalue weighted by Gasteiger charge is 2.15. The van der Waals surface area contributed by atoms with Gasteiger partial charge in [0.15, 0.2) is 5.69 Å². The zero-order chi connectivity index (χ0) is 14.5. The highest BCUT2D eigenvalue weighted by Crippen LogP contribution is 2.23. The van der Waals surface area contributed by atoms with Crippen LogP contribution in [0.15, 0.2) is 30.3 Å². The van der Waals surface area contributed by atoms with E-state index < -0.39 is 5.97 Å². The molecule has 4 nitrogen and oxygen atoms in total. The summed E-state index contributed by atoms with van der Waals surface area (Å²) in [4.78, 5) is 16.3. The van der Waals surface area contributed by atoms with E-state index in [1.54, 1.807) is 6.92 Å². The highest BCUT2D eigenvalue weighted by atomic mass is 35.5. The number of pyridine rings is 1. The number of halogens is 1. The van der Waals surface area contributed by atoms with Crippen molar-refractivity contribution in [3.8, 4) is 0 Å². The Balaban J connectivity index is 2.18. The number of benzene rings is 1. The van der Waals surface area contributed by atoms with Crippen LogP contribution in [0.5, 0.6) is 0 Å². The zero-order valence-electron chi connectivity index (χ0n) is 11.4. The molecule has 5 heteroatoms. The third kappa shape index (κ3) is 3.46. The lowest BCUT2D eigenvalue weighted by Gasteiger charge is -2.13. The van der Waals surface area contributed by atoms with Crippen LogP contribution in [0.1, 0.15) is 24.3 Å². The normalized spacial score (nSPS) is 12.3. The largest absolute Gasteiger partial charge is 0.455 e. The number of hydrogen-bond acceptors (Lipinski definition) is 4. The first-order chi connectivity index (χ1) is 9.61. The van der Waals surface area contributed by atoms with E-state index in [2.05, 4.69) is 4.98 Å². The van der Waals surface area contributed by atoms with Gasteiger partial charge in [-0.05, 0) is 26.0 Å². The molecule has 1 aromatic carbocycles. The second-order valence-electron chi connectivity index (χ2n) is 4.38. The lowest BCUT2D eigenvalue weighted by Crippen LogP contribution is -2.21. The van der Waals surface area contributed by atoms with Crippen molar-refractivity contribution in [3.05, 3.63) is 41.0 Å². The van der Waals surface area contributed by atoms with Gasteiger partial charge in [-0.3, -0.25) is 0 Å². The lowest BCUT2D eigenvalue weighted by molar-refractivity contribution is 0.00391. The van der Waals surface area contributed by atoms with Crippen LogP contribution in [0.3, 0.4) is 0 Å². The van der Waals surface area contributed by atoms with Crippen LogP contribution in [0.4, 0.5) is 0 Å². The van der Waals surface area contributed by atoms with E-state index in [1.807, 2.05) is 31.2 Å². The van der Waals surface area contributed by atoms with Gasteiger partial charge in [-0.2, -0.15) is 0 Å². The van der Waals surface area contributed by atoms with Gasteiger partial charge in [0.05, 0.1) is 17.1 Å². The van der Waals surface area contributed by atoms with Crippen molar-refractivity contribution in [3.63, 3.8) is 0 Å². The number of esters is 1. The minimum absolute atomic E-state index is 0.206. The maximum Gasteiger partial charge on any atom is 0.357 e.